The molecule has 2 amide bonds. The Balaban J connectivity index is 1.66. The Hall–Kier alpha value is -2.87. The molecule has 0 spiro atoms. The number of hydrogen-bond donors (Lipinski definition) is 1. The van der Waals surface area contributed by atoms with Gasteiger partial charge in [-0.05, 0) is 53.3 Å². The molecule has 1 heterocycles. The first-order chi connectivity index (χ1) is 14.5. The standard InChI is InChI=1S/C22H15ClN2O3S2/c1-28-18-10-9-13-5-2-3-8-16(13)17(18)12-19-21(27)25(22(29)30-19)24-20(26)14-6-4-7-15(23)11-14/h2-12H,1H3,(H,24,26)/b19-12+. The Bertz CT molecular complexity index is 1230. The monoisotopic (exact) mass is 454 g/mol. The minimum Gasteiger partial charge on any atom is -0.496 e. The van der Waals surface area contributed by atoms with Crippen LogP contribution >= 0.6 is 35.6 Å². The third-order valence-electron chi connectivity index (χ3n) is 4.52. The van der Waals surface area contributed by atoms with E-state index in [1.54, 1.807) is 31.4 Å². The van der Waals surface area contributed by atoms with Crippen molar-refractivity contribution in [2.24, 2.45) is 0 Å². The zero-order chi connectivity index (χ0) is 21.3. The third-order valence-corrected chi connectivity index (χ3v) is 6.06. The predicted molar refractivity (Wildman–Crippen MR) is 124 cm³/mol. The van der Waals surface area contributed by atoms with E-state index in [9.17, 15) is 9.59 Å². The van der Waals surface area contributed by atoms with Gasteiger partial charge in [0, 0.05) is 16.1 Å². The Labute approximate surface area is 187 Å². The van der Waals surface area contributed by atoms with Crippen LogP contribution in [0.3, 0.4) is 0 Å². The summed E-state index contributed by atoms with van der Waals surface area (Å²) in [7, 11) is 1.58. The van der Waals surface area contributed by atoms with Crippen LogP contribution in [0.5, 0.6) is 5.75 Å². The van der Waals surface area contributed by atoms with Crippen LogP contribution in [-0.2, 0) is 4.79 Å². The molecule has 0 unspecified atom stereocenters. The number of thioether (sulfide) groups is 1. The summed E-state index contributed by atoms with van der Waals surface area (Å²) in [6.45, 7) is 0. The number of amides is 2. The Kier molecular flexibility index (Phi) is 5.76. The lowest BCUT2D eigenvalue weighted by atomic mass is 10.0. The second-order valence-corrected chi connectivity index (χ2v) is 8.48. The van der Waals surface area contributed by atoms with E-state index in [4.69, 9.17) is 28.6 Å². The molecule has 5 nitrogen and oxygen atoms in total. The number of nitrogens with zero attached hydrogens (tertiary/aromatic N) is 1. The SMILES string of the molecule is COc1ccc2ccccc2c1/C=C1/SC(=S)N(NC(=O)c2cccc(Cl)c2)C1=O. The average molecular weight is 455 g/mol. The van der Waals surface area contributed by atoms with Gasteiger partial charge in [-0.15, -0.1) is 0 Å². The normalized spacial score (nSPS) is 15.1. The van der Waals surface area contributed by atoms with Gasteiger partial charge in [-0.1, -0.05) is 59.8 Å². The molecule has 0 saturated carbocycles. The molecule has 1 fully saturated rings. The topological polar surface area (TPSA) is 58.6 Å². The summed E-state index contributed by atoms with van der Waals surface area (Å²) in [4.78, 5) is 25.9. The molecular weight excluding hydrogens is 440 g/mol. The number of rotatable bonds is 4. The van der Waals surface area contributed by atoms with Crippen LogP contribution in [0.15, 0.2) is 65.6 Å². The highest BCUT2D eigenvalue weighted by atomic mass is 35.5. The molecule has 0 radical (unpaired) electrons. The number of nitrogens with one attached hydrogen (secondary N) is 1. The fraction of sp³-hybridized carbons (Fsp3) is 0.0455. The van der Waals surface area contributed by atoms with Crippen LogP contribution in [-0.4, -0.2) is 28.3 Å². The van der Waals surface area contributed by atoms with Crippen molar-refractivity contribution < 1.29 is 14.3 Å². The lowest BCUT2D eigenvalue weighted by Crippen LogP contribution is -2.44. The summed E-state index contributed by atoms with van der Waals surface area (Å²) in [5.74, 6) is -0.241. The maximum Gasteiger partial charge on any atom is 0.285 e. The number of benzene rings is 3. The third kappa shape index (κ3) is 3.92. The number of fused-ring (bicyclic) bond motifs is 1. The highest BCUT2D eigenvalue weighted by Crippen LogP contribution is 2.36. The van der Waals surface area contributed by atoms with Crippen LogP contribution < -0.4 is 10.2 Å². The molecule has 4 rings (SSSR count). The summed E-state index contributed by atoms with van der Waals surface area (Å²) in [6.07, 6.45) is 1.74. The number of carbonyl (C=O) groups is 2. The van der Waals surface area contributed by atoms with E-state index < -0.39 is 11.8 Å². The van der Waals surface area contributed by atoms with Crippen molar-refractivity contribution in [2.45, 2.75) is 0 Å². The first kappa shape index (κ1) is 20.4. The summed E-state index contributed by atoms with van der Waals surface area (Å²) in [6, 6.07) is 18.1. The van der Waals surface area contributed by atoms with Crippen LogP contribution in [0.4, 0.5) is 0 Å². The maximum absolute atomic E-state index is 13.0. The first-order valence-electron chi connectivity index (χ1n) is 8.88. The molecule has 0 bridgehead atoms. The molecule has 3 aromatic rings. The fourth-order valence-corrected chi connectivity index (χ4v) is 4.44. The molecule has 1 saturated heterocycles. The van der Waals surface area contributed by atoms with Crippen LogP contribution in [0.1, 0.15) is 15.9 Å². The van der Waals surface area contributed by atoms with Gasteiger partial charge in [-0.2, -0.15) is 5.01 Å². The van der Waals surface area contributed by atoms with Crippen molar-refractivity contribution in [1.29, 1.82) is 0 Å². The van der Waals surface area contributed by atoms with Gasteiger partial charge in [0.2, 0.25) is 0 Å². The van der Waals surface area contributed by atoms with Crippen LogP contribution in [0, 0.1) is 0 Å². The minimum atomic E-state index is -0.474. The average Bonchev–Trinajstić information content (AvgIpc) is 3.01. The molecule has 1 aliphatic rings. The van der Waals surface area contributed by atoms with E-state index >= 15 is 0 Å². The number of carbonyl (C=O) groups excluding carboxylic acids is 2. The molecule has 0 atom stereocenters. The molecule has 1 aliphatic heterocycles. The summed E-state index contributed by atoms with van der Waals surface area (Å²) >= 11 is 12.4. The van der Waals surface area contributed by atoms with Gasteiger partial charge in [0.25, 0.3) is 11.8 Å². The summed E-state index contributed by atoms with van der Waals surface area (Å²) in [5.41, 5.74) is 3.66. The number of methoxy groups -OCH3 is 1. The number of thiocarbonyl (C=S) groups is 1. The van der Waals surface area contributed by atoms with E-state index in [0.717, 1.165) is 33.1 Å². The van der Waals surface area contributed by atoms with E-state index in [1.807, 2.05) is 36.4 Å². The maximum atomic E-state index is 13.0. The molecular formula is C22H15ClN2O3S2. The zero-order valence-corrected chi connectivity index (χ0v) is 18.1. The molecule has 150 valence electrons. The van der Waals surface area contributed by atoms with E-state index in [0.29, 0.717) is 21.2 Å². The number of hydrogen-bond acceptors (Lipinski definition) is 5. The molecule has 0 aromatic heterocycles. The van der Waals surface area contributed by atoms with Crippen molar-refractivity contribution in [1.82, 2.24) is 10.4 Å². The lowest BCUT2D eigenvalue weighted by molar-refractivity contribution is -0.123. The molecule has 3 aromatic carbocycles. The minimum absolute atomic E-state index is 0.237. The second-order valence-electron chi connectivity index (χ2n) is 6.37. The first-order valence-corrected chi connectivity index (χ1v) is 10.5. The summed E-state index contributed by atoms with van der Waals surface area (Å²) in [5, 5.41) is 3.47. The highest BCUT2D eigenvalue weighted by Gasteiger charge is 2.34. The Morgan fingerprint density at radius 3 is 2.73 bits per heavy atom. The van der Waals surface area contributed by atoms with Crippen LogP contribution in [0.25, 0.3) is 16.8 Å². The van der Waals surface area contributed by atoms with E-state index in [-0.39, 0.29) is 4.32 Å². The summed E-state index contributed by atoms with van der Waals surface area (Å²) < 4.78 is 5.73. The quantitative estimate of drug-likeness (QED) is 0.441. The van der Waals surface area contributed by atoms with E-state index in [2.05, 4.69) is 5.43 Å². The van der Waals surface area contributed by atoms with Gasteiger partial charge in [0.1, 0.15) is 5.75 Å². The van der Waals surface area contributed by atoms with Gasteiger partial charge >= 0.3 is 0 Å². The molecule has 8 heteroatoms. The number of ether oxygens (including phenoxy) is 1. The van der Waals surface area contributed by atoms with E-state index in [1.165, 1.54) is 6.07 Å². The van der Waals surface area contributed by atoms with Crippen molar-refractivity contribution >= 4 is 68.6 Å². The lowest BCUT2D eigenvalue weighted by Gasteiger charge is -2.15. The van der Waals surface area contributed by atoms with Crippen molar-refractivity contribution in [3.05, 3.63) is 81.7 Å². The zero-order valence-electron chi connectivity index (χ0n) is 15.7. The predicted octanol–water partition coefficient (Wildman–Crippen LogP) is 5.05. The molecule has 0 aliphatic carbocycles. The number of hydrazine groups is 1. The highest BCUT2D eigenvalue weighted by molar-refractivity contribution is 8.26. The largest absolute Gasteiger partial charge is 0.496 e. The Morgan fingerprint density at radius 2 is 1.97 bits per heavy atom. The molecule has 1 N–H and O–H groups in total. The van der Waals surface area contributed by atoms with Crippen molar-refractivity contribution in [3.8, 4) is 5.75 Å². The van der Waals surface area contributed by atoms with Gasteiger partial charge in [-0.3, -0.25) is 15.0 Å². The molecule has 30 heavy (non-hydrogen) atoms. The van der Waals surface area contributed by atoms with Crippen LogP contribution in [0.2, 0.25) is 5.02 Å². The van der Waals surface area contributed by atoms with Gasteiger partial charge in [0.15, 0.2) is 4.32 Å². The Morgan fingerprint density at radius 1 is 1.17 bits per heavy atom. The number of halogens is 1. The van der Waals surface area contributed by atoms with Crippen molar-refractivity contribution in [3.63, 3.8) is 0 Å². The fourth-order valence-electron chi connectivity index (χ4n) is 3.09. The van der Waals surface area contributed by atoms with Crippen molar-refractivity contribution in [2.75, 3.05) is 7.11 Å². The van der Waals surface area contributed by atoms with Gasteiger partial charge < -0.3 is 4.74 Å². The van der Waals surface area contributed by atoms with Gasteiger partial charge in [0.05, 0.1) is 12.0 Å². The second kappa shape index (κ2) is 8.47. The van der Waals surface area contributed by atoms with Gasteiger partial charge in [-0.25, -0.2) is 0 Å². The smallest absolute Gasteiger partial charge is 0.285 e.